The van der Waals surface area contributed by atoms with Crippen molar-refractivity contribution in [2.45, 2.75) is 43.9 Å². The zero-order valence-electron chi connectivity index (χ0n) is 12.4. The summed E-state index contributed by atoms with van der Waals surface area (Å²) in [5, 5.41) is 19.4. The number of aliphatic hydroxyl groups excluding tert-OH is 1. The molecule has 2 saturated heterocycles. The normalized spacial score (nSPS) is 39.0. The molecule has 3 aliphatic heterocycles. The molecule has 0 aromatic carbocycles. The molecular formula is C14H20N2O5S. The average Bonchev–Trinajstić information content (AvgIpc) is 2.92. The predicted molar refractivity (Wildman–Crippen MR) is 79.6 cm³/mol. The Hall–Kier alpha value is -1.09. The smallest absolute Gasteiger partial charge is 0.353 e. The summed E-state index contributed by atoms with van der Waals surface area (Å²) in [5.41, 5.74) is 5.77. The van der Waals surface area contributed by atoms with Gasteiger partial charge in [-0.25, -0.2) is 4.79 Å². The summed E-state index contributed by atoms with van der Waals surface area (Å²) in [6.07, 6.45) is -0.433. The van der Waals surface area contributed by atoms with E-state index in [-0.39, 0.29) is 35.0 Å². The van der Waals surface area contributed by atoms with E-state index >= 15 is 0 Å². The average molecular weight is 328 g/mol. The molecule has 0 radical (unpaired) electrons. The second-order valence-corrected chi connectivity index (χ2v) is 7.46. The van der Waals surface area contributed by atoms with Crippen LogP contribution in [0.3, 0.4) is 0 Å². The number of aliphatic hydroxyl groups is 1. The number of fused-ring (bicyclic) bond motifs is 1. The first-order valence-electron chi connectivity index (χ1n) is 7.35. The van der Waals surface area contributed by atoms with Gasteiger partial charge in [-0.15, -0.1) is 11.8 Å². The third kappa shape index (κ3) is 2.25. The van der Waals surface area contributed by atoms with Crippen molar-refractivity contribution in [3.8, 4) is 0 Å². The summed E-state index contributed by atoms with van der Waals surface area (Å²) in [5.74, 6) is -2.04. The lowest BCUT2D eigenvalue weighted by molar-refractivity contribution is -0.163. The number of hydrogen-bond donors (Lipinski definition) is 3. The van der Waals surface area contributed by atoms with Crippen molar-refractivity contribution >= 4 is 23.6 Å². The Morgan fingerprint density at radius 3 is 2.73 bits per heavy atom. The molecular weight excluding hydrogens is 308 g/mol. The van der Waals surface area contributed by atoms with Crippen LogP contribution in [0.5, 0.6) is 0 Å². The van der Waals surface area contributed by atoms with Gasteiger partial charge >= 0.3 is 5.97 Å². The molecule has 0 aromatic rings. The molecule has 1 amide bonds. The first-order chi connectivity index (χ1) is 10.3. The third-order valence-electron chi connectivity index (χ3n) is 4.60. The van der Waals surface area contributed by atoms with Crippen LogP contribution in [0.15, 0.2) is 10.6 Å². The van der Waals surface area contributed by atoms with Gasteiger partial charge in [0.15, 0.2) is 0 Å². The summed E-state index contributed by atoms with van der Waals surface area (Å²) in [6.45, 7) is 3.96. The molecule has 4 N–H and O–H groups in total. The lowest BCUT2D eigenvalue weighted by Gasteiger charge is -2.46. The molecule has 2 fully saturated rings. The number of nitrogens with two attached hydrogens (primary N) is 1. The topological polar surface area (TPSA) is 113 Å². The number of carbonyl (C=O) groups is 2. The lowest BCUT2D eigenvalue weighted by atomic mass is 9.79. The van der Waals surface area contributed by atoms with Gasteiger partial charge in [-0.3, -0.25) is 4.79 Å². The fourth-order valence-corrected chi connectivity index (χ4v) is 5.01. The number of nitrogens with zero attached hydrogens (tertiary/aromatic N) is 1. The summed E-state index contributed by atoms with van der Waals surface area (Å²) >= 11 is 1.44. The van der Waals surface area contributed by atoms with Crippen LogP contribution < -0.4 is 5.73 Å². The van der Waals surface area contributed by atoms with Crippen molar-refractivity contribution in [1.82, 2.24) is 4.90 Å². The number of rotatable bonds is 4. The quantitative estimate of drug-likeness (QED) is 0.620. The van der Waals surface area contributed by atoms with Crippen molar-refractivity contribution < 1.29 is 24.5 Å². The maximum absolute atomic E-state index is 12.2. The number of carboxylic acids is 1. The zero-order valence-corrected chi connectivity index (χ0v) is 13.2. The summed E-state index contributed by atoms with van der Waals surface area (Å²) in [4.78, 5) is 25.8. The van der Waals surface area contributed by atoms with Crippen molar-refractivity contribution in [2.24, 2.45) is 17.6 Å². The number of carbonyl (C=O) groups excluding carboxylic acids is 1. The van der Waals surface area contributed by atoms with Gasteiger partial charge in [0.2, 0.25) is 5.91 Å². The molecule has 0 unspecified atom stereocenters. The molecule has 0 bridgehead atoms. The highest BCUT2D eigenvalue weighted by Gasteiger charge is 2.60. The monoisotopic (exact) mass is 328 g/mol. The van der Waals surface area contributed by atoms with Crippen LogP contribution in [0.25, 0.3) is 0 Å². The number of aliphatic carboxylic acids is 1. The molecule has 3 heterocycles. The van der Waals surface area contributed by atoms with E-state index in [4.69, 9.17) is 10.5 Å². The van der Waals surface area contributed by atoms with E-state index in [1.165, 1.54) is 16.7 Å². The Morgan fingerprint density at radius 2 is 2.23 bits per heavy atom. The Balaban J connectivity index is 1.87. The van der Waals surface area contributed by atoms with E-state index in [0.29, 0.717) is 17.9 Å². The van der Waals surface area contributed by atoms with E-state index in [2.05, 4.69) is 0 Å². The van der Waals surface area contributed by atoms with Crippen LogP contribution in [0.4, 0.5) is 0 Å². The minimum Gasteiger partial charge on any atom is -0.477 e. The predicted octanol–water partition coefficient (Wildman–Crippen LogP) is -0.0530. The summed E-state index contributed by atoms with van der Waals surface area (Å²) in [6, 6.07) is -0.267. The molecule has 22 heavy (non-hydrogen) atoms. The van der Waals surface area contributed by atoms with Crippen LogP contribution in [-0.4, -0.2) is 57.2 Å². The minimum absolute atomic E-state index is 0.0601. The van der Waals surface area contributed by atoms with Crippen LogP contribution in [0, 0.1) is 11.8 Å². The summed E-state index contributed by atoms with van der Waals surface area (Å²) < 4.78 is 5.32. The number of hydrogen-bond acceptors (Lipinski definition) is 6. The first-order valence-corrected chi connectivity index (χ1v) is 8.23. The van der Waals surface area contributed by atoms with Gasteiger partial charge in [-0.1, -0.05) is 6.92 Å². The molecule has 3 aliphatic rings. The van der Waals surface area contributed by atoms with Gasteiger partial charge < -0.3 is 25.6 Å². The van der Waals surface area contributed by atoms with E-state index in [1.54, 1.807) is 6.92 Å². The van der Waals surface area contributed by atoms with E-state index in [1.807, 2.05) is 6.92 Å². The van der Waals surface area contributed by atoms with Crippen molar-refractivity contribution in [3.63, 3.8) is 0 Å². The highest BCUT2D eigenvalue weighted by molar-refractivity contribution is 8.03. The zero-order chi connectivity index (χ0) is 16.2. The minimum atomic E-state index is -1.10. The number of thioether (sulfide) groups is 1. The fraction of sp³-hybridized carbons (Fsp3) is 0.714. The van der Waals surface area contributed by atoms with Gasteiger partial charge in [0.25, 0.3) is 0 Å². The van der Waals surface area contributed by atoms with E-state index < -0.39 is 18.0 Å². The van der Waals surface area contributed by atoms with Crippen LogP contribution in [-0.2, 0) is 14.3 Å². The highest BCUT2D eigenvalue weighted by Crippen LogP contribution is 2.51. The summed E-state index contributed by atoms with van der Waals surface area (Å²) in [7, 11) is 0. The molecule has 6 atom stereocenters. The number of ether oxygens (including phenoxy) is 1. The van der Waals surface area contributed by atoms with Gasteiger partial charge in [0.1, 0.15) is 11.9 Å². The molecule has 7 nitrogen and oxygen atoms in total. The second-order valence-electron chi connectivity index (χ2n) is 6.12. The fourth-order valence-electron chi connectivity index (χ4n) is 3.57. The lowest BCUT2D eigenvalue weighted by Crippen LogP contribution is -2.63. The molecule has 3 rings (SSSR count). The van der Waals surface area contributed by atoms with Crippen molar-refractivity contribution in [1.29, 1.82) is 0 Å². The Kier molecular flexibility index (Phi) is 3.96. The van der Waals surface area contributed by atoms with Gasteiger partial charge in [0.05, 0.1) is 24.7 Å². The van der Waals surface area contributed by atoms with Crippen molar-refractivity contribution in [2.75, 3.05) is 6.61 Å². The SMILES string of the molecule is C[C@@H](O)[C@H]1C(=O)N2C(C(=O)O)=C(S[C@@H]3CO[C@@H](N)C3)[C@H](C)[C@H]12. The standard InChI is InChI=1S/C14H20N2O5S/c1-5-10-9(6(2)17)13(18)16(10)11(14(19)20)12(5)22-7-3-8(15)21-4-7/h5-10,17H,3-4,15H2,1-2H3,(H,19,20)/t5-,6-,7+,8-,9-,10-/m1/s1. The van der Waals surface area contributed by atoms with Gasteiger partial charge in [-0.05, 0) is 6.92 Å². The van der Waals surface area contributed by atoms with Crippen LogP contribution in [0.2, 0.25) is 0 Å². The number of β-lactam (4-membered cyclic amide) rings is 1. The van der Waals surface area contributed by atoms with Crippen LogP contribution >= 0.6 is 11.8 Å². The Morgan fingerprint density at radius 1 is 1.55 bits per heavy atom. The van der Waals surface area contributed by atoms with Crippen molar-refractivity contribution in [3.05, 3.63) is 10.6 Å². The van der Waals surface area contributed by atoms with E-state index in [0.717, 1.165) is 0 Å². The van der Waals surface area contributed by atoms with E-state index in [9.17, 15) is 19.8 Å². The highest BCUT2D eigenvalue weighted by atomic mass is 32.2. The first kappa shape index (κ1) is 15.8. The molecule has 0 saturated carbocycles. The Labute approximate surface area is 132 Å². The largest absolute Gasteiger partial charge is 0.477 e. The maximum atomic E-state index is 12.2. The third-order valence-corrected chi connectivity index (χ3v) is 6.08. The molecule has 0 spiro atoms. The molecule has 0 aliphatic carbocycles. The maximum Gasteiger partial charge on any atom is 0.353 e. The molecule has 0 aromatic heterocycles. The molecule has 122 valence electrons. The second kappa shape index (κ2) is 5.52. The number of carboxylic acid groups (broad SMARTS) is 1. The Bertz CT molecular complexity index is 549. The van der Waals surface area contributed by atoms with Gasteiger partial charge in [0, 0.05) is 22.5 Å². The van der Waals surface area contributed by atoms with Gasteiger partial charge in [-0.2, -0.15) is 0 Å². The number of amides is 1. The van der Waals surface area contributed by atoms with Crippen LogP contribution in [0.1, 0.15) is 20.3 Å². The molecule has 8 heteroatoms.